The van der Waals surface area contributed by atoms with Gasteiger partial charge in [-0.05, 0) is 6.08 Å². The zero-order chi connectivity index (χ0) is 12.6. The lowest BCUT2D eigenvalue weighted by atomic mass is 10.1. The van der Waals surface area contributed by atoms with Gasteiger partial charge in [-0.2, -0.15) is 0 Å². The molecule has 0 N–H and O–H groups in total. The van der Waals surface area contributed by atoms with E-state index >= 15 is 0 Å². The van der Waals surface area contributed by atoms with E-state index in [2.05, 4.69) is 4.74 Å². The Balaban J connectivity index is 3.03. The molecule has 0 aromatic carbocycles. The minimum atomic E-state index is -4.91. The molecular formula is C8H7F3O4S. The summed E-state index contributed by atoms with van der Waals surface area (Å²) >= 11 is 0. The van der Waals surface area contributed by atoms with Crippen LogP contribution in [0.3, 0.4) is 0 Å². The van der Waals surface area contributed by atoms with Crippen LogP contribution >= 0.6 is 0 Å². The Labute approximate surface area is 89.3 Å². The number of hydrogen-bond acceptors (Lipinski definition) is 4. The van der Waals surface area contributed by atoms with Crippen LogP contribution in [0.5, 0.6) is 0 Å². The van der Waals surface area contributed by atoms with Gasteiger partial charge < -0.3 is 4.74 Å². The van der Waals surface area contributed by atoms with Gasteiger partial charge in [0.25, 0.3) is 0 Å². The molecular weight excluding hydrogens is 249 g/mol. The Morgan fingerprint density at radius 1 is 1.38 bits per heavy atom. The summed E-state index contributed by atoms with van der Waals surface area (Å²) in [5.74, 6) is -1.44. The van der Waals surface area contributed by atoms with E-state index < -0.39 is 39.1 Å². The maximum absolute atomic E-state index is 11.8. The first-order valence-electron chi connectivity index (χ1n) is 4.00. The van der Waals surface area contributed by atoms with Gasteiger partial charge in [0.1, 0.15) is 10.7 Å². The van der Waals surface area contributed by atoms with Crippen molar-refractivity contribution < 1.29 is 31.1 Å². The van der Waals surface area contributed by atoms with Crippen molar-refractivity contribution in [1.29, 1.82) is 0 Å². The van der Waals surface area contributed by atoms with Crippen molar-refractivity contribution in [1.82, 2.24) is 0 Å². The number of allylic oxidation sites excluding steroid dienone is 3. The standard InChI is InChI=1S/C8H7F3O4S/c1-16(13,14)7-4-5(2-3-6(7)12)15-8(9,10)11/h2,4H,3H2,1H3. The molecule has 16 heavy (non-hydrogen) atoms. The van der Waals surface area contributed by atoms with Crippen LogP contribution in [0, 0.1) is 0 Å². The van der Waals surface area contributed by atoms with E-state index in [4.69, 9.17) is 0 Å². The molecule has 0 aliphatic heterocycles. The second-order valence-electron chi connectivity index (χ2n) is 3.06. The normalized spacial score (nSPS) is 17.9. The largest absolute Gasteiger partial charge is 0.573 e. The Morgan fingerprint density at radius 2 is 1.94 bits per heavy atom. The van der Waals surface area contributed by atoms with Crippen LogP contribution in [0.25, 0.3) is 0 Å². The first kappa shape index (κ1) is 12.8. The molecule has 90 valence electrons. The van der Waals surface area contributed by atoms with Crippen LogP contribution in [-0.2, 0) is 19.4 Å². The number of halogens is 3. The molecule has 0 fully saturated rings. The van der Waals surface area contributed by atoms with Crippen LogP contribution in [0.2, 0.25) is 0 Å². The van der Waals surface area contributed by atoms with Crippen molar-refractivity contribution in [3.63, 3.8) is 0 Å². The molecule has 0 spiro atoms. The molecule has 0 amide bonds. The monoisotopic (exact) mass is 256 g/mol. The van der Waals surface area contributed by atoms with E-state index in [1.807, 2.05) is 0 Å². The number of carbonyl (C=O) groups excluding carboxylic acids is 1. The predicted octanol–water partition coefficient (Wildman–Crippen LogP) is 1.31. The third-order valence-electron chi connectivity index (χ3n) is 1.67. The number of hydrogen-bond donors (Lipinski definition) is 0. The number of ketones is 1. The molecule has 0 atom stereocenters. The second-order valence-corrected chi connectivity index (χ2v) is 5.05. The highest BCUT2D eigenvalue weighted by Crippen LogP contribution is 2.26. The third-order valence-corrected chi connectivity index (χ3v) is 2.81. The summed E-state index contributed by atoms with van der Waals surface area (Å²) in [6, 6.07) is 0. The number of ether oxygens (including phenoxy) is 1. The van der Waals surface area contributed by atoms with E-state index in [9.17, 15) is 26.4 Å². The molecule has 0 heterocycles. The SMILES string of the molecule is CS(=O)(=O)C1=CC(OC(F)(F)F)=CCC1=O. The van der Waals surface area contributed by atoms with Crippen molar-refractivity contribution in [3.05, 3.63) is 22.8 Å². The fourth-order valence-corrected chi connectivity index (χ4v) is 1.91. The Kier molecular flexibility index (Phi) is 3.13. The van der Waals surface area contributed by atoms with Gasteiger partial charge in [0.15, 0.2) is 15.6 Å². The Hall–Kier alpha value is -1.31. The van der Waals surface area contributed by atoms with Crippen LogP contribution in [0.1, 0.15) is 6.42 Å². The molecule has 0 unspecified atom stereocenters. The smallest absolute Gasteiger partial charge is 0.406 e. The maximum Gasteiger partial charge on any atom is 0.573 e. The highest BCUT2D eigenvalue weighted by molar-refractivity contribution is 7.95. The highest BCUT2D eigenvalue weighted by Gasteiger charge is 2.33. The van der Waals surface area contributed by atoms with Crippen molar-refractivity contribution in [2.75, 3.05) is 6.26 Å². The molecule has 0 saturated heterocycles. The molecule has 0 radical (unpaired) electrons. The topological polar surface area (TPSA) is 60.4 Å². The fraction of sp³-hybridized carbons (Fsp3) is 0.375. The number of sulfone groups is 1. The summed E-state index contributed by atoms with van der Waals surface area (Å²) in [5.41, 5.74) is 0. The van der Waals surface area contributed by atoms with Gasteiger partial charge in [-0.15, -0.1) is 13.2 Å². The minimum Gasteiger partial charge on any atom is -0.406 e. The number of Topliss-reactive ketones (excluding diaryl/α,β-unsaturated/α-hetero) is 1. The van der Waals surface area contributed by atoms with E-state index in [1.165, 1.54) is 0 Å². The zero-order valence-corrected chi connectivity index (χ0v) is 8.85. The van der Waals surface area contributed by atoms with E-state index in [-0.39, 0.29) is 0 Å². The predicted molar refractivity (Wildman–Crippen MR) is 47.8 cm³/mol. The molecule has 0 bridgehead atoms. The first-order valence-corrected chi connectivity index (χ1v) is 5.89. The van der Waals surface area contributed by atoms with Crippen LogP contribution in [0.4, 0.5) is 13.2 Å². The summed E-state index contributed by atoms with van der Waals surface area (Å²) in [5, 5.41) is 0. The quantitative estimate of drug-likeness (QED) is 0.747. The van der Waals surface area contributed by atoms with E-state index in [1.54, 1.807) is 0 Å². The van der Waals surface area contributed by atoms with Crippen LogP contribution < -0.4 is 0 Å². The summed E-state index contributed by atoms with van der Waals surface area (Å²) in [4.78, 5) is 10.5. The number of rotatable bonds is 2. The fourth-order valence-electron chi connectivity index (χ4n) is 1.08. The van der Waals surface area contributed by atoms with Gasteiger partial charge in [-0.1, -0.05) is 0 Å². The van der Waals surface area contributed by atoms with Gasteiger partial charge in [-0.25, -0.2) is 8.42 Å². The summed E-state index contributed by atoms with van der Waals surface area (Å²) in [6.07, 6.45) is -3.14. The maximum atomic E-state index is 11.8. The Morgan fingerprint density at radius 3 is 2.38 bits per heavy atom. The molecule has 0 aromatic heterocycles. The molecule has 1 aliphatic rings. The minimum absolute atomic E-state index is 0.426. The average Bonchev–Trinajstić information content (AvgIpc) is 2.04. The Bertz CT molecular complexity index is 470. The van der Waals surface area contributed by atoms with Crippen molar-refractivity contribution in [3.8, 4) is 0 Å². The van der Waals surface area contributed by atoms with Gasteiger partial charge in [-0.3, -0.25) is 4.79 Å². The van der Waals surface area contributed by atoms with Crippen molar-refractivity contribution >= 4 is 15.6 Å². The van der Waals surface area contributed by atoms with Crippen molar-refractivity contribution in [2.24, 2.45) is 0 Å². The summed E-state index contributed by atoms with van der Waals surface area (Å²) < 4.78 is 61.1. The number of carbonyl (C=O) groups is 1. The average molecular weight is 256 g/mol. The van der Waals surface area contributed by atoms with E-state index in [0.29, 0.717) is 6.08 Å². The lowest BCUT2D eigenvalue weighted by Crippen LogP contribution is -2.18. The van der Waals surface area contributed by atoms with Gasteiger partial charge in [0, 0.05) is 18.8 Å². The van der Waals surface area contributed by atoms with E-state index in [0.717, 1.165) is 12.3 Å². The van der Waals surface area contributed by atoms with Gasteiger partial charge in [0.05, 0.1) is 0 Å². The first-order chi connectivity index (χ1) is 7.09. The third kappa shape index (κ3) is 3.37. The molecule has 1 aliphatic carbocycles. The second kappa shape index (κ2) is 3.93. The number of alkyl halides is 3. The lowest BCUT2D eigenvalue weighted by molar-refractivity contribution is -0.303. The van der Waals surface area contributed by atoms with Gasteiger partial charge in [0.2, 0.25) is 0 Å². The zero-order valence-electron chi connectivity index (χ0n) is 8.04. The molecule has 0 saturated carbocycles. The molecule has 8 heteroatoms. The van der Waals surface area contributed by atoms with Crippen LogP contribution in [0.15, 0.2) is 22.8 Å². The molecule has 1 rings (SSSR count). The van der Waals surface area contributed by atoms with Crippen molar-refractivity contribution in [2.45, 2.75) is 12.8 Å². The highest BCUT2D eigenvalue weighted by atomic mass is 32.2. The van der Waals surface area contributed by atoms with Crippen LogP contribution in [-0.4, -0.2) is 26.8 Å². The summed E-state index contributed by atoms with van der Waals surface area (Å²) in [6.45, 7) is 0. The molecule has 4 nitrogen and oxygen atoms in total. The summed E-state index contributed by atoms with van der Waals surface area (Å²) in [7, 11) is -3.84. The molecule has 0 aromatic rings. The van der Waals surface area contributed by atoms with Gasteiger partial charge >= 0.3 is 6.36 Å². The lowest BCUT2D eigenvalue weighted by Gasteiger charge is -2.14.